The monoisotopic (exact) mass is 447 g/mol. The molecule has 0 radical (unpaired) electrons. The fourth-order valence-corrected chi connectivity index (χ4v) is 2.29. The average Bonchev–Trinajstić information content (AvgIpc) is 2.54. The molecule has 0 heterocycles. The highest BCUT2D eigenvalue weighted by Gasteiger charge is 2.03. The topological polar surface area (TPSA) is 36.4 Å². The molecule has 23 heavy (non-hydrogen) atoms. The molecular formula is C17H20ClFIN3. The van der Waals surface area contributed by atoms with Crippen molar-refractivity contribution >= 4 is 41.5 Å². The number of hydrogen-bond acceptors (Lipinski definition) is 1. The molecule has 0 saturated heterocycles. The molecule has 0 aliphatic heterocycles. The number of hydrogen-bond donors (Lipinski definition) is 2. The molecule has 2 N–H and O–H groups in total. The van der Waals surface area contributed by atoms with E-state index in [9.17, 15) is 4.39 Å². The molecule has 124 valence electrons. The van der Waals surface area contributed by atoms with Gasteiger partial charge in [-0.05, 0) is 24.1 Å². The van der Waals surface area contributed by atoms with Crippen LogP contribution in [0.5, 0.6) is 0 Å². The van der Waals surface area contributed by atoms with E-state index in [4.69, 9.17) is 11.6 Å². The Morgan fingerprint density at radius 2 is 1.70 bits per heavy atom. The molecular weight excluding hydrogens is 428 g/mol. The van der Waals surface area contributed by atoms with Gasteiger partial charge in [-0.3, -0.25) is 4.99 Å². The predicted molar refractivity (Wildman–Crippen MR) is 105 cm³/mol. The van der Waals surface area contributed by atoms with Crippen molar-refractivity contribution in [2.75, 3.05) is 13.6 Å². The van der Waals surface area contributed by atoms with E-state index in [1.807, 2.05) is 30.3 Å². The second kappa shape index (κ2) is 10.4. The van der Waals surface area contributed by atoms with Crippen LogP contribution >= 0.6 is 35.6 Å². The summed E-state index contributed by atoms with van der Waals surface area (Å²) in [6.07, 6.45) is 0.792. The second-order valence-corrected chi connectivity index (χ2v) is 5.19. The van der Waals surface area contributed by atoms with Gasteiger partial charge in [-0.1, -0.05) is 48.0 Å². The lowest BCUT2D eigenvalue weighted by atomic mass is 10.1. The number of nitrogens with one attached hydrogen (secondary N) is 2. The van der Waals surface area contributed by atoms with Gasteiger partial charge >= 0.3 is 0 Å². The quantitative estimate of drug-likeness (QED) is 0.413. The first-order valence-corrected chi connectivity index (χ1v) is 7.50. The molecule has 0 bridgehead atoms. The van der Waals surface area contributed by atoms with E-state index >= 15 is 0 Å². The summed E-state index contributed by atoms with van der Waals surface area (Å²) >= 11 is 6.12. The minimum absolute atomic E-state index is 0. The Hall–Kier alpha value is -1.34. The first-order chi connectivity index (χ1) is 10.7. The zero-order valence-corrected chi connectivity index (χ0v) is 15.9. The number of halogens is 3. The van der Waals surface area contributed by atoms with Gasteiger partial charge in [-0.15, -0.1) is 24.0 Å². The van der Waals surface area contributed by atoms with E-state index in [0.717, 1.165) is 17.0 Å². The number of guanidine groups is 1. The maximum Gasteiger partial charge on any atom is 0.191 e. The summed E-state index contributed by atoms with van der Waals surface area (Å²) < 4.78 is 13.5. The minimum atomic E-state index is -0.221. The van der Waals surface area contributed by atoms with Gasteiger partial charge in [-0.2, -0.15) is 0 Å². The van der Waals surface area contributed by atoms with Crippen LogP contribution in [0.25, 0.3) is 0 Å². The highest BCUT2D eigenvalue weighted by atomic mass is 127. The smallest absolute Gasteiger partial charge is 0.191 e. The fraction of sp³-hybridized carbons (Fsp3) is 0.235. The van der Waals surface area contributed by atoms with E-state index in [1.54, 1.807) is 19.2 Å². The molecule has 2 aromatic rings. The molecule has 2 aromatic carbocycles. The summed E-state index contributed by atoms with van der Waals surface area (Å²) in [6, 6.07) is 14.4. The molecule has 0 unspecified atom stereocenters. The van der Waals surface area contributed by atoms with Crippen LogP contribution in [0.15, 0.2) is 53.5 Å². The van der Waals surface area contributed by atoms with Crippen LogP contribution in [0.3, 0.4) is 0 Å². The maximum absolute atomic E-state index is 13.5. The minimum Gasteiger partial charge on any atom is -0.356 e. The van der Waals surface area contributed by atoms with Crippen LogP contribution in [0.1, 0.15) is 11.1 Å². The van der Waals surface area contributed by atoms with Gasteiger partial charge in [0.1, 0.15) is 5.82 Å². The number of rotatable bonds is 5. The number of nitrogens with zero attached hydrogens (tertiary/aromatic N) is 1. The summed E-state index contributed by atoms with van der Waals surface area (Å²) in [5, 5.41) is 7.05. The third-order valence-electron chi connectivity index (χ3n) is 3.27. The van der Waals surface area contributed by atoms with Gasteiger partial charge in [-0.25, -0.2) is 4.39 Å². The summed E-state index contributed by atoms with van der Waals surface area (Å²) in [4.78, 5) is 4.13. The Kier molecular flexibility index (Phi) is 8.94. The molecule has 6 heteroatoms. The third-order valence-corrected chi connectivity index (χ3v) is 3.64. The van der Waals surface area contributed by atoms with Crippen molar-refractivity contribution in [2.24, 2.45) is 4.99 Å². The average molecular weight is 448 g/mol. The molecule has 0 aliphatic rings. The van der Waals surface area contributed by atoms with E-state index in [1.165, 1.54) is 6.07 Å². The first-order valence-electron chi connectivity index (χ1n) is 7.12. The van der Waals surface area contributed by atoms with E-state index in [-0.39, 0.29) is 29.8 Å². The van der Waals surface area contributed by atoms with Crippen LogP contribution in [0.2, 0.25) is 5.02 Å². The van der Waals surface area contributed by atoms with Crippen LogP contribution in [-0.4, -0.2) is 19.6 Å². The summed E-state index contributed by atoms with van der Waals surface area (Å²) in [7, 11) is 1.69. The predicted octanol–water partition coefficient (Wildman–Crippen LogP) is 4.00. The van der Waals surface area contributed by atoms with Crippen molar-refractivity contribution in [3.63, 3.8) is 0 Å². The Morgan fingerprint density at radius 3 is 2.35 bits per heavy atom. The Labute approximate surface area is 158 Å². The molecule has 0 saturated carbocycles. The summed E-state index contributed by atoms with van der Waals surface area (Å²) in [5.41, 5.74) is 1.69. The van der Waals surface area contributed by atoms with Gasteiger partial charge in [0.25, 0.3) is 0 Å². The Morgan fingerprint density at radius 1 is 1.04 bits per heavy atom. The highest BCUT2D eigenvalue weighted by molar-refractivity contribution is 14.0. The molecule has 3 nitrogen and oxygen atoms in total. The Bertz CT molecular complexity index is 649. The summed E-state index contributed by atoms with van der Waals surface area (Å²) in [5.74, 6) is 0.414. The van der Waals surface area contributed by atoms with Crippen LogP contribution in [-0.2, 0) is 13.0 Å². The largest absolute Gasteiger partial charge is 0.356 e. The van der Waals surface area contributed by atoms with Crippen molar-refractivity contribution in [2.45, 2.75) is 13.0 Å². The van der Waals surface area contributed by atoms with Gasteiger partial charge < -0.3 is 10.6 Å². The van der Waals surface area contributed by atoms with E-state index < -0.39 is 0 Å². The number of benzene rings is 2. The second-order valence-electron chi connectivity index (χ2n) is 4.79. The number of aliphatic imine (C=N–C) groups is 1. The SMILES string of the molecule is CN=C(NCCc1ccccc1Cl)NCc1ccccc1F.I. The van der Waals surface area contributed by atoms with Gasteiger partial charge in [0.2, 0.25) is 0 Å². The molecule has 0 aromatic heterocycles. The van der Waals surface area contributed by atoms with Crippen LogP contribution < -0.4 is 10.6 Å². The van der Waals surface area contributed by atoms with Crippen molar-refractivity contribution in [1.82, 2.24) is 10.6 Å². The molecule has 0 amide bonds. The summed E-state index contributed by atoms with van der Waals surface area (Å²) in [6.45, 7) is 1.08. The van der Waals surface area contributed by atoms with Crippen molar-refractivity contribution < 1.29 is 4.39 Å². The van der Waals surface area contributed by atoms with Crippen LogP contribution in [0.4, 0.5) is 4.39 Å². The molecule has 0 fully saturated rings. The maximum atomic E-state index is 13.5. The fourth-order valence-electron chi connectivity index (χ4n) is 2.06. The third kappa shape index (κ3) is 6.35. The first kappa shape index (κ1) is 19.7. The zero-order chi connectivity index (χ0) is 15.8. The van der Waals surface area contributed by atoms with Gasteiger partial charge in [0.15, 0.2) is 5.96 Å². The molecule has 0 atom stereocenters. The lowest BCUT2D eigenvalue weighted by Crippen LogP contribution is -2.38. The zero-order valence-electron chi connectivity index (χ0n) is 12.9. The van der Waals surface area contributed by atoms with Crippen molar-refractivity contribution in [3.05, 3.63) is 70.5 Å². The van der Waals surface area contributed by atoms with Gasteiger partial charge in [0, 0.05) is 30.7 Å². The molecule has 2 rings (SSSR count). The van der Waals surface area contributed by atoms with Crippen molar-refractivity contribution in [3.8, 4) is 0 Å². The van der Waals surface area contributed by atoms with Gasteiger partial charge in [0.05, 0.1) is 0 Å². The highest BCUT2D eigenvalue weighted by Crippen LogP contribution is 2.14. The lowest BCUT2D eigenvalue weighted by Gasteiger charge is -2.12. The normalized spacial score (nSPS) is 10.8. The Balaban J connectivity index is 0.00000264. The standard InChI is InChI=1S/C17H19ClFN3.HI/c1-20-17(22-12-14-7-3-5-9-16(14)19)21-11-10-13-6-2-4-8-15(13)18;/h2-9H,10-12H2,1H3,(H2,20,21,22);1H. The molecule has 0 spiro atoms. The van der Waals surface area contributed by atoms with E-state index in [2.05, 4.69) is 15.6 Å². The van der Waals surface area contributed by atoms with Crippen LogP contribution in [0, 0.1) is 5.82 Å². The van der Waals surface area contributed by atoms with E-state index in [0.29, 0.717) is 24.6 Å². The van der Waals surface area contributed by atoms with Crippen molar-refractivity contribution in [1.29, 1.82) is 0 Å². The molecule has 0 aliphatic carbocycles. The lowest BCUT2D eigenvalue weighted by molar-refractivity contribution is 0.604.